The van der Waals surface area contributed by atoms with Crippen LogP contribution in [0.15, 0.2) is 23.0 Å². The van der Waals surface area contributed by atoms with Crippen LogP contribution < -0.4 is 5.32 Å². The zero-order valence-electron chi connectivity index (χ0n) is 12.0. The molecule has 0 atom stereocenters. The summed E-state index contributed by atoms with van der Waals surface area (Å²) in [6, 6.07) is 1.98. The third kappa shape index (κ3) is 2.66. The topological polar surface area (TPSA) is 80.0 Å². The van der Waals surface area contributed by atoms with Gasteiger partial charge in [0.2, 0.25) is 5.28 Å². The fourth-order valence-electron chi connectivity index (χ4n) is 3.06. The van der Waals surface area contributed by atoms with E-state index in [1.165, 1.54) is 11.1 Å². The summed E-state index contributed by atoms with van der Waals surface area (Å²) in [6.45, 7) is -0.138. The van der Waals surface area contributed by atoms with Gasteiger partial charge in [0.15, 0.2) is 5.82 Å². The molecule has 3 aromatic rings. The minimum Gasteiger partial charge on any atom is -0.480 e. The number of carbonyl (C=O) groups is 1. The molecule has 0 spiro atoms. The third-order valence-electron chi connectivity index (χ3n) is 4.00. The Labute approximate surface area is 140 Å². The summed E-state index contributed by atoms with van der Waals surface area (Å²) >= 11 is 7.73. The fourth-order valence-corrected chi connectivity index (χ4v) is 4.13. The highest BCUT2D eigenvalue weighted by Gasteiger charge is 2.24. The fraction of sp³-hybridized carbons (Fsp3) is 0.267. The molecule has 0 unspecified atom stereocenters. The Morgan fingerprint density at radius 2 is 2.13 bits per heavy atom. The summed E-state index contributed by atoms with van der Waals surface area (Å²) in [5, 5.41) is 17.0. The van der Waals surface area contributed by atoms with Gasteiger partial charge in [-0.1, -0.05) is 0 Å². The van der Waals surface area contributed by atoms with Crippen molar-refractivity contribution in [2.24, 2.45) is 0 Å². The van der Waals surface area contributed by atoms with Crippen molar-refractivity contribution in [1.29, 1.82) is 0 Å². The zero-order valence-corrected chi connectivity index (χ0v) is 13.6. The molecule has 118 valence electrons. The molecule has 3 aromatic heterocycles. The highest BCUT2D eigenvalue weighted by Crippen LogP contribution is 2.30. The molecule has 1 aliphatic rings. The Bertz CT molecular complexity index is 884. The van der Waals surface area contributed by atoms with E-state index in [0.717, 1.165) is 12.8 Å². The second kappa shape index (κ2) is 5.50. The molecule has 0 aromatic carbocycles. The summed E-state index contributed by atoms with van der Waals surface area (Å²) < 4.78 is 1.63. The van der Waals surface area contributed by atoms with E-state index >= 15 is 0 Å². The van der Waals surface area contributed by atoms with Crippen molar-refractivity contribution in [3.8, 4) is 0 Å². The van der Waals surface area contributed by atoms with Crippen LogP contribution in [0.2, 0.25) is 5.28 Å². The minimum atomic E-state index is -0.911. The van der Waals surface area contributed by atoms with Crippen LogP contribution in [0.3, 0.4) is 0 Å². The molecule has 0 aliphatic heterocycles. The Balaban J connectivity index is 1.69. The molecule has 23 heavy (non-hydrogen) atoms. The van der Waals surface area contributed by atoms with E-state index in [1.54, 1.807) is 28.2 Å². The lowest BCUT2D eigenvalue weighted by Crippen LogP contribution is -2.21. The molecule has 0 bridgehead atoms. The van der Waals surface area contributed by atoms with Crippen LogP contribution in [0, 0.1) is 0 Å². The number of halogens is 1. The van der Waals surface area contributed by atoms with Crippen LogP contribution in [-0.2, 0) is 24.2 Å². The van der Waals surface area contributed by atoms with Crippen LogP contribution >= 0.6 is 22.9 Å². The number of thiophene rings is 1. The van der Waals surface area contributed by atoms with Crippen molar-refractivity contribution >= 4 is 45.8 Å². The maximum absolute atomic E-state index is 11.0. The average Bonchev–Trinajstić information content (AvgIpc) is 3.13. The van der Waals surface area contributed by atoms with E-state index in [2.05, 4.69) is 26.0 Å². The molecule has 8 heteroatoms. The SMILES string of the molecule is O=C(O)Cn1ccc2nc(Cl)nc(NC3Cc4cscc4C3)c21. The Morgan fingerprint density at radius 1 is 1.39 bits per heavy atom. The number of carboxylic acids is 1. The van der Waals surface area contributed by atoms with Crippen LogP contribution in [0.5, 0.6) is 0 Å². The molecule has 2 N–H and O–H groups in total. The quantitative estimate of drug-likeness (QED) is 0.709. The van der Waals surface area contributed by atoms with Crippen LogP contribution in [0.4, 0.5) is 5.82 Å². The van der Waals surface area contributed by atoms with Gasteiger partial charge in [0.1, 0.15) is 12.1 Å². The van der Waals surface area contributed by atoms with Gasteiger partial charge in [0, 0.05) is 12.2 Å². The molecule has 6 nitrogen and oxygen atoms in total. The number of anilines is 1. The van der Waals surface area contributed by atoms with Crippen molar-refractivity contribution in [2.75, 3.05) is 5.32 Å². The largest absolute Gasteiger partial charge is 0.480 e. The Morgan fingerprint density at radius 3 is 2.83 bits per heavy atom. The first kappa shape index (κ1) is 14.5. The molecule has 0 saturated heterocycles. The molecule has 3 heterocycles. The maximum Gasteiger partial charge on any atom is 0.323 e. The highest BCUT2D eigenvalue weighted by molar-refractivity contribution is 7.08. The van der Waals surface area contributed by atoms with E-state index in [9.17, 15) is 4.79 Å². The predicted octanol–water partition coefficient (Wildman–Crippen LogP) is 2.81. The van der Waals surface area contributed by atoms with Crippen LogP contribution in [0.25, 0.3) is 11.0 Å². The molecular weight excluding hydrogens is 336 g/mol. The number of nitrogens with zero attached hydrogens (tertiary/aromatic N) is 3. The van der Waals surface area contributed by atoms with Gasteiger partial charge in [-0.15, -0.1) is 0 Å². The molecule has 1 aliphatic carbocycles. The summed E-state index contributed by atoms with van der Waals surface area (Å²) in [5.41, 5.74) is 4.04. The number of aliphatic carboxylic acids is 1. The van der Waals surface area contributed by atoms with Gasteiger partial charge < -0.3 is 15.0 Å². The summed E-state index contributed by atoms with van der Waals surface area (Å²) in [4.78, 5) is 19.5. The van der Waals surface area contributed by atoms with Gasteiger partial charge in [-0.05, 0) is 52.4 Å². The number of nitrogens with one attached hydrogen (secondary N) is 1. The molecular formula is C15H13ClN4O2S. The minimum absolute atomic E-state index is 0.138. The molecule has 0 amide bonds. The second-order valence-electron chi connectivity index (χ2n) is 5.58. The summed E-state index contributed by atoms with van der Waals surface area (Å²) in [7, 11) is 0. The zero-order chi connectivity index (χ0) is 16.0. The standard InChI is InChI=1S/C15H13ClN4O2S/c16-15-18-11-1-2-20(5-12(21)22)13(11)14(19-15)17-10-3-8-6-23-7-9(8)4-10/h1-2,6-7,10H,3-5H2,(H,21,22)(H,17,18,19). The van der Waals surface area contributed by atoms with Gasteiger partial charge in [0.25, 0.3) is 0 Å². The normalized spacial score (nSPS) is 14.3. The summed E-state index contributed by atoms with van der Waals surface area (Å²) in [6.07, 6.45) is 3.56. The Hall–Kier alpha value is -2.12. The van der Waals surface area contributed by atoms with Crippen molar-refractivity contribution in [3.63, 3.8) is 0 Å². The van der Waals surface area contributed by atoms with E-state index in [4.69, 9.17) is 16.7 Å². The molecule has 0 saturated carbocycles. The smallest absolute Gasteiger partial charge is 0.323 e. The van der Waals surface area contributed by atoms with E-state index in [1.807, 2.05) is 0 Å². The lowest BCUT2D eigenvalue weighted by Gasteiger charge is -2.15. The van der Waals surface area contributed by atoms with Gasteiger partial charge in [-0.25, -0.2) is 4.98 Å². The number of hydrogen-bond donors (Lipinski definition) is 2. The van der Waals surface area contributed by atoms with E-state index in [0.29, 0.717) is 16.9 Å². The first-order valence-electron chi connectivity index (χ1n) is 7.15. The second-order valence-corrected chi connectivity index (χ2v) is 6.67. The monoisotopic (exact) mass is 348 g/mol. The van der Waals surface area contributed by atoms with Crippen LogP contribution in [0.1, 0.15) is 11.1 Å². The Kier molecular flexibility index (Phi) is 3.46. The molecule has 0 radical (unpaired) electrons. The number of carboxylic acid groups (broad SMARTS) is 1. The molecule has 0 fully saturated rings. The number of fused-ring (bicyclic) bond motifs is 2. The molecule has 4 rings (SSSR count). The summed E-state index contributed by atoms with van der Waals surface area (Å²) in [5.74, 6) is -0.323. The van der Waals surface area contributed by atoms with Gasteiger partial charge >= 0.3 is 5.97 Å². The van der Waals surface area contributed by atoms with Crippen molar-refractivity contribution in [3.05, 3.63) is 39.4 Å². The number of hydrogen-bond acceptors (Lipinski definition) is 5. The van der Waals surface area contributed by atoms with Gasteiger partial charge in [-0.3, -0.25) is 4.79 Å². The first-order chi connectivity index (χ1) is 11.1. The average molecular weight is 349 g/mol. The van der Waals surface area contributed by atoms with Crippen molar-refractivity contribution < 1.29 is 9.90 Å². The lowest BCUT2D eigenvalue weighted by molar-refractivity contribution is -0.137. The van der Waals surface area contributed by atoms with Crippen molar-refractivity contribution in [1.82, 2.24) is 14.5 Å². The number of rotatable bonds is 4. The highest BCUT2D eigenvalue weighted by atomic mass is 35.5. The lowest BCUT2D eigenvalue weighted by atomic mass is 10.2. The maximum atomic E-state index is 11.0. The third-order valence-corrected chi connectivity index (χ3v) is 5.01. The van der Waals surface area contributed by atoms with Crippen molar-refractivity contribution in [2.45, 2.75) is 25.4 Å². The van der Waals surface area contributed by atoms with Gasteiger partial charge in [0.05, 0.1) is 5.52 Å². The predicted molar refractivity (Wildman–Crippen MR) is 89.3 cm³/mol. The van der Waals surface area contributed by atoms with Crippen LogP contribution in [-0.4, -0.2) is 31.7 Å². The number of aromatic nitrogens is 3. The van der Waals surface area contributed by atoms with E-state index < -0.39 is 5.97 Å². The van der Waals surface area contributed by atoms with E-state index in [-0.39, 0.29) is 17.9 Å². The van der Waals surface area contributed by atoms with Gasteiger partial charge in [-0.2, -0.15) is 16.3 Å². The first-order valence-corrected chi connectivity index (χ1v) is 8.47.